The number of aliphatic hydroxyl groups excluding tert-OH is 2. The minimum atomic E-state index is -0.429. The van der Waals surface area contributed by atoms with Crippen LogP contribution in [-0.4, -0.2) is 34.3 Å². The molecular weight excluding hydrogens is 280 g/mol. The van der Waals surface area contributed by atoms with Gasteiger partial charge in [0.1, 0.15) is 5.76 Å². The molecule has 0 radical (unpaired) electrons. The van der Waals surface area contributed by atoms with E-state index in [0.717, 1.165) is 19.3 Å². The summed E-state index contributed by atoms with van der Waals surface area (Å²) in [7, 11) is 0. The van der Waals surface area contributed by atoms with Gasteiger partial charge < -0.3 is 19.7 Å². The second kappa shape index (κ2) is 8.14. The largest absolute Gasteiger partial charge is 0.509 e. The van der Waals surface area contributed by atoms with Gasteiger partial charge in [-0.25, -0.2) is 0 Å². The van der Waals surface area contributed by atoms with Crippen LogP contribution in [0.15, 0.2) is 24.5 Å². The van der Waals surface area contributed by atoms with E-state index in [0.29, 0.717) is 0 Å². The third-order valence-electron chi connectivity index (χ3n) is 4.55. The highest BCUT2D eigenvalue weighted by Gasteiger charge is 2.42. The second-order valence-electron chi connectivity index (χ2n) is 6.97. The van der Waals surface area contributed by atoms with Crippen LogP contribution in [0.3, 0.4) is 0 Å². The van der Waals surface area contributed by atoms with Crippen LogP contribution in [-0.2, 0) is 9.47 Å². The van der Waals surface area contributed by atoms with Crippen LogP contribution in [0.4, 0.5) is 0 Å². The number of allylic oxidation sites excluding steroid dienone is 2. The van der Waals surface area contributed by atoms with Crippen molar-refractivity contribution in [2.75, 3.05) is 0 Å². The average Bonchev–Trinajstić information content (AvgIpc) is 2.44. The van der Waals surface area contributed by atoms with Crippen LogP contribution >= 0.6 is 0 Å². The van der Waals surface area contributed by atoms with Crippen LogP contribution in [0.2, 0.25) is 0 Å². The monoisotopic (exact) mass is 312 g/mol. The summed E-state index contributed by atoms with van der Waals surface area (Å²) in [4.78, 5) is 0. The molecule has 4 nitrogen and oxygen atoms in total. The van der Waals surface area contributed by atoms with E-state index in [4.69, 9.17) is 14.6 Å². The predicted molar refractivity (Wildman–Crippen MR) is 88.6 cm³/mol. The Hall–Kier alpha value is -0.840. The van der Waals surface area contributed by atoms with Crippen molar-refractivity contribution in [2.45, 2.75) is 78.0 Å². The van der Waals surface area contributed by atoms with Crippen LogP contribution in [0.25, 0.3) is 0 Å². The molecule has 0 aromatic heterocycles. The Morgan fingerprint density at radius 2 is 1.95 bits per heavy atom. The zero-order valence-electron chi connectivity index (χ0n) is 14.6. The van der Waals surface area contributed by atoms with Gasteiger partial charge in [-0.2, -0.15) is 0 Å². The normalized spacial score (nSPS) is 33.3. The molecule has 4 heteroatoms. The van der Waals surface area contributed by atoms with Gasteiger partial charge in [0.2, 0.25) is 0 Å². The molecule has 0 aromatic rings. The number of aliphatic hydroxyl groups is 2. The molecule has 1 aliphatic rings. The molecule has 2 N–H and O–H groups in total. The number of rotatable bonds is 7. The molecule has 1 fully saturated rings. The standard InChI is InChI=1S/C18H32O4/c1-7-15-16(20)13(3)14(4)17(21-15)22-18(5,6)11-9-8-10-12(2)19/h8,10,13-17,19-20H,2,7,9,11H2,1,3-6H3/b10-8+/t13-,14-,15-,16+,17+/m1/s1. The van der Waals surface area contributed by atoms with Gasteiger partial charge in [-0.3, -0.25) is 0 Å². The van der Waals surface area contributed by atoms with Gasteiger partial charge >= 0.3 is 0 Å². The lowest BCUT2D eigenvalue weighted by molar-refractivity contribution is -0.292. The van der Waals surface area contributed by atoms with Gasteiger partial charge in [-0.15, -0.1) is 0 Å². The second-order valence-corrected chi connectivity index (χ2v) is 6.97. The predicted octanol–water partition coefficient (Wildman–Crippen LogP) is 3.96. The Bertz CT molecular complexity index is 387. The molecule has 22 heavy (non-hydrogen) atoms. The molecule has 0 amide bonds. The molecule has 0 aliphatic carbocycles. The first-order valence-electron chi connectivity index (χ1n) is 8.23. The van der Waals surface area contributed by atoms with E-state index in [1.807, 2.05) is 26.8 Å². The Morgan fingerprint density at radius 1 is 1.32 bits per heavy atom. The van der Waals surface area contributed by atoms with Crippen molar-refractivity contribution in [3.8, 4) is 0 Å². The minimum Gasteiger partial charge on any atom is -0.509 e. The van der Waals surface area contributed by atoms with Gasteiger partial charge in [-0.1, -0.05) is 33.4 Å². The first kappa shape index (κ1) is 19.2. The maximum absolute atomic E-state index is 10.2. The van der Waals surface area contributed by atoms with Crippen molar-refractivity contribution in [1.29, 1.82) is 0 Å². The van der Waals surface area contributed by atoms with E-state index < -0.39 is 6.10 Å². The smallest absolute Gasteiger partial charge is 0.161 e. The van der Waals surface area contributed by atoms with Crippen molar-refractivity contribution in [2.24, 2.45) is 11.8 Å². The molecule has 0 aromatic carbocycles. The summed E-state index contributed by atoms with van der Waals surface area (Å²) in [5.74, 6) is 0.360. The third-order valence-corrected chi connectivity index (χ3v) is 4.55. The zero-order chi connectivity index (χ0) is 16.9. The summed E-state index contributed by atoms with van der Waals surface area (Å²) >= 11 is 0. The lowest BCUT2D eigenvalue weighted by atomic mass is 9.84. The Labute approximate surface area is 134 Å². The Morgan fingerprint density at radius 3 is 2.50 bits per heavy atom. The average molecular weight is 312 g/mol. The Balaban J connectivity index is 2.60. The fourth-order valence-electron chi connectivity index (χ4n) is 2.77. The number of hydrogen-bond donors (Lipinski definition) is 2. The first-order chi connectivity index (χ1) is 10.2. The van der Waals surface area contributed by atoms with Gasteiger partial charge in [-0.05, 0) is 45.1 Å². The van der Waals surface area contributed by atoms with Gasteiger partial charge in [0, 0.05) is 5.92 Å². The molecular formula is C18H32O4. The van der Waals surface area contributed by atoms with Crippen molar-refractivity contribution < 1.29 is 19.7 Å². The van der Waals surface area contributed by atoms with Crippen LogP contribution < -0.4 is 0 Å². The molecule has 1 rings (SSSR count). The van der Waals surface area contributed by atoms with Crippen molar-refractivity contribution >= 4 is 0 Å². The summed E-state index contributed by atoms with van der Waals surface area (Å²) < 4.78 is 12.2. The quantitative estimate of drug-likeness (QED) is 0.552. The van der Waals surface area contributed by atoms with Gasteiger partial charge in [0.25, 0.3) is 0 Å². The van der Waals surface area contributed by atoms with E-state index in [9.17, 15) is 5.11 Å². The highest BCUT2D eigenvalue weighted by Crippen LogP contribution is 2.35. The molecule has 1 saturated heterocycles. The van der Waals surface area contributed by atoms with Crippen molar-refractivity contribution in [3.63, 3.8) is 0 Å². The third kappa shape index (κ3) is 5.41. The lowest BCUT2D eigenvalue weighted by Crippen LogP contribution is -2.51. The van der Waals surface area contributed by atoms with Crippen LogP contribution in [0.5, 0.6) is 0 Å². The molecule has 0 bridgehead atoms. The summed E-state index contributed by atoms with van der Waals surface area (Å²) in [6.45, 7) is 13.6. The van der Waals surface area contributed by atoms with Crippen molar-refractivity contribution in [3.05, 3.63) is 24.5 Å². The minimum absolute atomic E-state index is 0.0663. The maximum Gasteiger partial charge on any atom is 0.161 e. The SMILES string of the molecule is C=C(O)/C=C/CCC(C)(C)O[C@@H]1O[C@H](CC)[C@@H](O)[C@H](C)[C@H]1C. The number of ether oxygens (including phenoxy) is 2. The van der Waals surface area contributed by atoms with Crippen LogP contribution in [0, 0.1) is 11.8 Å². The molecule has 1 aliphatic heterocycles. The summed E-state index contributed by atoms with van der Waals surface area (Å²) in [5, 5.41) is 19.3. The molecule has 0 saturated carbocycles. The zero-order valence-corrected chi connectivity index (χ0v) is 14.6. The highest BCUT2D eigenvalue weighted by atomic mass is 16.7. The molecule has 1 heterocycles. The van der Waals surface area contributed by atoms with Gasteiger partial charge in [0.15, 0.2) is 6.29 Å². The Kier molecular flexibility index (Phi) is 7.10. The van der Waals surface area contributed by atoms with Crippen molar-refractivity contribution in [1.82, 2.24) is 0 Å². The molecule has 0 unspecified atom stereocenters. The molecule has 0 spiro atoms. The van der Waals surface area contributed by atoms with Crippen LogP contribution in [0.1, 0.15) is 53.9 Å². The van der Waals surface area contributed by atoms with E-state index in [1.165, 1.54) is 0 Å². The summed E-state index contributed by atoms with van der Waals surface area (Å²) in [5.41, 5.74) is -0.333. The fraction of sp³-hybridized carbons (Fsp3) is 0.778. The van der Waals surface area contributed by atoms with E-state index in [2.05, 4.69) is 20.4 Å². The summed E-state index contributed by atoms with van der Waals surface area (Å²) in [6.07, 6.45) is 4.99. The topological polar surface area (TPSA) is 58.9 Å². The van der Waals surface area contributed by atoms with E-state index in [-0.39, 0.29) is 35.6 Å². The molecule has 5 atom stereocenters. The fourth-order valence-corrected chi connectivity index (χ4v) is 2.77. The molecule has 128 valence electrons. The first-order valence-corrected chi connectivity index (χ1v) is 8.23. The summed E-state index contributed by atoms with van der Waals surface area (Å²) in [6, 6.07) is 0. The van der Waals surface area contributed by atoms with E-state index in [1.54, 1.807) is 6.08 Å². The number of hydrogen-bond acceptors (Lipinski definition) is 4. The van der Waals surface area contributed by atoms with E-state index >= 15 is 0 Å². The lowest BCUT2D eigenvalue weighted by Gasteiger charge is -2.44. The van der Waals surface area contributed by atoms with Gasteiger partial charge in [0.05, 0.1) is 17.8 Å². The highest BCUT2D eigenvalue weighted by molar-refractivity contribution is 5.05. The maximum atomic E-state index is 10.2.